The summed E-state index contributed by atoms with van der Waals surface area (Å²) in [5.41, 5.74) is 6.42. The molecule has 2 aliphatic rings. The predicted molar refractivity (Wildman–Crippen MR) is 74.4 cm³/mol. The van der Waals surface area contributed by atoms with E-state index < -0.39 is 10.0 Å². The van der Waals surface area contributed by atoms with Gasteiger partial charge in [0, 0.05) is 18.1 Å². The van der Waals surface area contributed by atoms with Gasteiger partial charge in [0.05, 0.1) is 5.69 Å². The number of sulfonamides is 1. The van der Waals surface area contributed by atoms with Gasteiger partial charge in [0.25, 0.3) is 0 Å². The molecule has 104 valence electrons. The molecule has 0 spiro atoms. The van der Waals surface area contributed by atoms with Crippen LogP contribution in [0.2, 0.25) is 0 Å². The molecule has 0 atom stereocenters. The lowest BCUT2D eigenvalue weighted by atomic mass is 9.87. The summed E-state index contributed by atoms with van der Waals surface area (Å²) in [6.45, 7) is 0. The molecule has 2 saturated carbocycles. The zero-order chi connectivity index (χ0) is 13.5. The standard InChI is InChI=1S/C13H19N3O2S/c14-9-7-11(8-9)15-12-3-1-2-4-13(12)19(17,18)16-10-5-6-10/h1-4,9-11,15-16H,5-8,14H2. The van der Waals surface area contributed by atoms with Gasteiger partial charge in [-0.3, -0.25) is 0 Å². The lowest BCUT2D eigenvalue weighted by molar-refractivity contribution is 0.373. The first kappa shape index (κ1) is 12.9. The smallest absolute Gasteiger partial charge is 0.242 e. The first-order valence-electron chi connectivity index (χ1n) is 6.68. The van der Waals surface area contributed by atoms with Crippen molar-refractivity contribution in [1.29, 1.82) is 0 Å². The molecule has 1 aromatic carbocycles. The van der Waals surface area contributed by atoms with Gasteiger partial charge < -0.3 is 11.1 Å². The van der Waals surface area contributed by atoms with Crippen molar-refractivity contribution in [2.24, 2.45) is 5.73 Å². The van der Waals surface area contributed by atoms with Gasteiger partial charge in [-0.25, -0.2) is 13.1 Å². The Balaban J connectivity index is 1.80. The Hall–Kier alpha value is -1.11. The highest BCUT2D eigenvalue weighted by molar-refractivity contribution is 7.89. The largest absolute Gasteiger partial charge is 0.381 e. The topological polar surface area (TPSA) is 84.2 Å². The van der Waals surface area contributed by atoms with Gasteiger partial charge in [0.1, 0.15) is 4.90 Å². The Morgan fingerprint density at radius 3 is 2.42 bits per heavy atom. The second-order valence-electron chi connectivity index (χ2n) is 5.46. The zero-order valence-electron chi connectivity index (χ0n) is 10.7. The van der Waals surface area contributed by atoms with Crippen LogP contribution in [-0.2, 0) is 10.0 Å². The summed E-state index contributed by atoms with van der Waals surface area (Å²) in [7, 11) is -3.41. The molecule has 0 saturated heterocycles. The number of anilines is 1. The molecule has 1 aromatic rings. The molecule has 2 fully saturated rings. The molecular formula is C13H19N3O2S. The van der Waals surface area contributed by atoms with Crippen molar-refractivity contribution in [3.8, 4) is 0 Å². The molecule has 0 aromatic heterocycles. The van der Waals surface area contributed by atoms with Crippen LogP contribution in [0.4, 0.5) is 5.69 Å². The SMILES string of the molecule is NC1CC(Nc2ccccc2S(=O)(=O)NC2CC2)C1. The molecule has 5 nitrogen and oxygen atoms in total. The quantitative estimate of drug-likeness (QED) is 0.752. The van der Waals surface area contributed by atoms with Crippen LogP contribution in [0.15, 0.2) is 29.2 Å². The third-order valence-corrected chi connectivity index (χ3v) is 5.19. The zero-order valence-corrected chi connectivity index (χ0v) is 11.5. The molecule has 0 radical (unpaired) electrons. The lowest BCUT2D eigenvalue weighted by Gasteiger charge is -2.34. The highest BCUT2D eigenvalue weighted by Gasteiger charge is 2.31. The van der Waals surface area contributed by atoms with Crippen LogP contribution in [0.5, 0.6) is 0 Å². The van der Waals surface area contributed by atoms with Crippen molar-refractivity contribution in [3.63, 3.8) is 0 Å². The third-order valence-electron chi connectivity index (χ3n) is 3.61. The summed E-state index contributed by atoms with van der Waals surface area (Å²) in [4.78, 5) is 0.336. The summed E-state index contributed by atoms with van der Waals surface area (Å²) in [6.07, 6.45) is 3.66. The van der Waals surface area contributed by atoms with Crippen molar-refractivity contribution in [3.05, 3.63) is 24.3 Å². The summed E-state index contributed by atoms with van der Waals surface area (Å²) in [5, 5.41) is 3.28. The van der Waals surface area contributed by atoms with Gasteiger partial charge in [-0.05, 0) is 37.8 Å². The fourth-order valence-corrected chi connectivity index (χ4v) is 3.78. The predicted octanol–water partition coefficient (Wildman–Crippen LogP) is 1.03. The van der Waals surface area contributed by atoms with E-state index in [4.69, 9.17) is 5.73 Å². The summed E-state index contributed by atoms with van der Waals surface area (Å²) >= 11 is 0. The van der Waals surface area contributed by atoms with E-state index in [0.717, 1.165) is 25.7 Å². The van der Waals surface area contributed by atoms with E-state index in [0.29, 0.717) is 10.6 Å². The van der Waals surface area contributed by atoms with E-state index in [2.05, 4.69) is 10.0 Å². The molecule has 19 heavy (non-hydrogen) atoms. The van der Waals surface area contributed by atoms with Crippen molar-refractivity contribution in [1.82, 2.24) is 4.72 Å². The Kier molecular flexibility index (Phi) is 3.24. The van der Waals surface area contributed by atoms with E-state index in [1.54, 1.807) is 12.1 Å². The highest BCUT2D eigenvalue weighted by Crippen LogP contribution is 2.29. The molecule has 0 unspecified atom stereocenters. The third kappa shape index (κ3) is 2.91. The van der Waals surface area contributed by atoms with E-state index in [1.165, 1.54) is 0 Å². The fraction of sp³-hybridized carbons (Fsp3) is 0.538. The van der Waals surface area contributed by atoms with Gasteiger partial charge in [0.15, 0.2) is 0 Å². The van der Waals surface area contributed by atoms with E-state index >= 15 is 0 Å². The summed E-state index contributed by atoms with van der Waals surface area (Å²) < 4.78 is 27.3. The van der Waals surface area contributed by atoms with Gasteiger partial charge >= 0.3 is 0 Å². The minimum absolute atomic E-state index is 0.121. The monoisotopic (exact) mass is 281 g/mol. The van der Waals surface area contributed by atoms with Gasteiger partial charge in [-0.1, -0.05) is 12.1 Å². The Morgan fingerprint density at radius 2 is 1.79 bits per heavy atom. The number of benzene rings is 1. The average molecular weight is 281 g/mol. The Bertz CT molecular complexity index is 563. The summed E-state index contributed by atoms with van der Waals surface area (Å²) in [6, 6.07) is 7.70. The van der Waals surface area contributed by atoms with Gasteiger partial charge in [0.2, 0.25) is 10.0 Å². The minimum Gasteiger partial charge on any atom is -0.381 e. The number of hydrogen-bond acceptors (Lipinski definition) is 4. The first-order valence-corrected chi connectivity index (χ1v) is 8.16. The van der Waals surface area contributed by atoms with E-state index in [1.807, 2.05) is 12.1 Å². The van der Waals surface area contributed by atoms with Crippen molar-refractivity contribution >= 4 is 15.7 Å². The molecule has 6 heteroatoms. The molecule has 2 aliphatic carbocycles. The van der Waals surface area contributed by atoms with Crippen LogP contribution in [0.25, 0.3) is 0 Å². The number of hydrogen-bond donors (Lipinski definition) is 3. The highest BCUT2D eigenvalue weighted by atomic mass is 32.2. The Morgan fingerprint density at radius 1 is 1.11 bits per heavy atom. The number of nitrogens with one attached hydrogen (secondary N) is 2. The Labute approximate surface area is 113 Å². The lowest BCUT2D eigenvalue weighted by Crippen LogP contribution is -2.44. The second-order valence-corrected chi connectivity index (χ2v) is 7.15. The second kappa shape index (κ2) is 4.77. The van der Waals surface area contributed by atoms with Crippen LogP contribution in [0, 0.1) is 0 Å². The molecule has 0 amide bonds. The molecule has 3 rings (SSSR count). The van der Waals surface area contributed by atoms with E-state index in [9.17, 15) is 8.42 Å². The molecule has 0 bridgehead atoms. The normalized spacial score (nSPS) is 26.8. The van der Waals surface area contributed by atoms with Crippen LogP contribution >= 0.6 is 0 Å². The fourth-order valence-electron chi connectivity index (χ4n) is 2.30. The number of para-hydroxylation sites is 1. The van der Waals surface area contributed by atoms with Crippen LogP contribution in [-0.4, -0.2) is 26.5 Å². The molecule has 4 N–H and O–H groups in total. The molecule has 0 aliphatic heterocycles. The maximum absolute atomic E-state index is 12.3. The van der Waals surface area contributed by atoms with Crippen molar-refractivity contribution < 1.29 is 8.42 Å². The minimum atomic E-state index is -3.41. The maximum Gasteiger partial charge on any atom is 0.242 e. The van der Waals surface area contributed by atoms with Crippen LogP contribution in [0.3, 0.4) is 0 Å². The number of rotatable bonds is 5. The van der Waals surface area contributed by atoms with Gasteiger partial charge in [-0.2, -0.15) is 0 Å². The van der Waals surface area contributed by atoms with Gasteiger partial charge in [-0.15, -0.1) is 0 Å². The average Bonchev–Trinajstić information content (AvgIpc) is 3.11. The van der Waals surface area contributed by atoms with Crippen molar-refractivity contribution in [2.75, 3.05) is 5.32 Å². The van der Waals surface area contributed by atoms with Crippen LogP contribution in [0.1, 0.15) is 25.7 Å². The molecule has 0 heterocycles. The van der Waals surface area contributed by atoms with E-state index in [-0.39, 0.29) is 18.1 Å². The van der Waals surface area contributed by atoms with Crippen LogP contribution < -0.4 is 15.8 Å². The molecular weight excluding hydrogens is 262 g/mol. The first-order chi connectivity index (χ1) is 9.04. The van der Waals surface area contributed by atoms with Crippen molar-refractivity contribution in [2.45, 2.75) is 48.7 Å². The maximum atomic E-state index is 12.3. The number of nitrogens with two attached hydrogens (primary N) is 1. The summed E-state index contributed by atoms with van der Waals surface area (Å²) in [5.74, 6) is 0.